The SMILES string of the molecule is Nc1nc(/C(=N\OCCF)C(=O)NC2C(=O)N3C(C(=O)O)=C(C[n+]4cccc5c4ncn5C4CCNCC4)CSC23)ns1. The fourth-order valence-corrected chi connectivity index (χ4v) is 7.20. The van der Waals surface area contributed by atoms with Crippen LogP contribution in [0.25, 0.3) is 11.2 Å². The molecule has 2 fully saturated rings. The van der Waals surface area contributed by atoms with Crippen LogP contribution in [0, 0.1) is 0 Å². The third kappa shape index (κ3) is 5.52. The van der Waals surface area contributed by atoms with Gasteiger partial charge in [0.25, 0.3) is 11.8 Å². The molecule has 0 radical (unpaired) electrons. The van der Waals surface area contributed by atoms with Gasteiger partial charge in [0.2, 0.25) is 17.9 Å². The van der Waals surface area contributed by atoms with E-state index in [0.29, 0.717) is 17.4 Å². The van der Waals surface area contributed by atoms with E-state index >= 15 is 0 Å². The zero-order valence-corrected chi connectivity index (χ0v) is 24.3. The smallest absolute Gasteiger partial charge is 0.352 e. The van der Waals surface area contributed by atoms with E-state index in [1.54, 1.807) is 0 Å². The highest BCUT2D eigenvalue weighted by molar-refractivity contribution is 8.00. The van der Waals surface area contributed by atoms with Crippen LogP contribution in [0.4, 0.5) is 9.52 Å². The molecule has 43 heavy (non-hydrogen) atoms. The first-order valence-electron chi connectivity index (χ1n) is 13.5. The van der Waals surface area contributed by atoms with Crippen LogP contribution in [-0.2, 0) is 25.8 Å². The molecule has 3 aliphatic heterocycles. The fraction of sp³-hybridized carbons (Fsp3) is 0.440. The lowest BCUT2D eigenvalue weighted by Gasteiger charge is -2.49. The molecular weight excluding hydrogens is 603 g/mol. The third-order valence-electron chi connectivity index (χ3n) is 7.40. The number of hydrogen-bond acceptors (Lipinski definition) is 12. The summed E-state index contributed by atoms with van der Waals surface area (Å²) in [6.07, 6.45) is 5.66. The Bertz CT molecular complexity index is 1640. The molecule has 6 rings (SSSR count). The molecule has 3 aromatic heterocycles. The molecule has 15 nitrogen and oxygen atoms in total. The zero-order valence-electron chi connectivity index (χ0n) is 22.7. The normalized spacial score (nSPS) is 21.1. The van der Waals surface area contributed by atoms with E-state index in [-0.39, 0.29) is 28.9 Å². The molecule has 0 bridgehead atoms. The quantitative estimate of drug-likeness (QED) is 0.0762. The minimum Gasteiger partial charge on any atom is -0.477 e. The van der Waals surface area contributed by atoms with Crippen molar-refractivity contribution < 1.29 is 33.3 Å². The van der Waals surface area contributed by atoms with Crippen LogP contribution in [0.15, 0.2) is 41.1 Å². The summed E-state index contributed by atoms with van der Waals surface area (Å²) in [4.78, 5) is 53.4. The second-order valence-electron chi connectivity index (χ2n) is 10.0. The Labute approximate surface area is 252 Å². The number of hydrogen-bond donors (Lipinski definition) is 4. The molecule has 3 aliphatic rings. The highest BCUT2D eigenvalue weighted by Gasteiger charge is 2.54. The van der Waals surface area contributed by atoms with Crippen molar-refractivity contribution in [1.82, 2.24) is 34.4 Å². The van der Waals surface area contributed by atoms with Crippen molar-refractivity contribution >= 4 is 63.1 Å². The summed E-state index contributed by atoms with van der Waals surface area (Å²) >= 11 is 2.16. The Morgan fingerprint density at radius 3 is 2.88 bits per heavy atom. The number of aliphatic carboxylic acids is 1. The highest BCUT2D eigenvalue weighted by atomic mass is 32.2. The summed E-state index contributed by atoms with van der Waals surface area (Å²) in [5.41, 5.74) is 7.36. The predicted molar refractivity (Wildman–Crippen MR) is 154 cm³/mol. The number of amides is 2. The van der Waals surface area contributed by atoms with Gasteiger partial charge in [0.05, 0.1) is 6.20 Å². The maximum Gasteiger partial charge on any atom is 0.352 e. The number of piperidine rings is 1. The lowest BCUT2D eigenvalue weighted by Crippen LogP contribution is -2.71. The number of carbonyl (C=O) groups is 3. The van der Waals surface area contributed by atoms with E-state index in [4.69, 9.17) is 10.6 Å². The molecule has 2 atom stereocenters. The van der Waals surface area contributed by atoms with E-state index < -0.39 is 42.5 Å². The number of nitrogens with one attached hydrogen (secondary N) is 2. The first-order valence-corrected chi connectivity index (χ1v) is 15.3. The summed E-state index contributed by atoms with van der Waals surface area (Å²) in [5.74, 6) is -2.50. The molecule has 0 aromatic carbocycles. The Morgan fingerprint density at radius 2 is 2.16 bits per heavy atom. The van der Waals surface area contributed by atoms with Gasteiger partial charge >= 0.3 is 11.6 Å². The number of alkyl halides is 1. The van der Waals surface area contributed by atoms with E-state index in [0.717, 1.165) is 48.6 Å². The van der Waals surface area contributed by atoms with Gasteiger partial charge in [-0.05, 0) is 43.0 Å². The van der Waals surface area contributed by atoms with E-state index in [1.165, 1.54) is 16.7 Å². The van der Waals surface area contributed by atoms with Crippen molar-refractivity contribution in [3.05, 3.63) is 41.8 Å². The van der Waals surface area contributed by atoms with Gasteiger partial charge in [0.15, 0.2) is 5.13 Å². The van der Waals surface area contributed by atoms with Gasteiger partial charge in [-0.15, -0.1) is 11.8 Å². The first-order chi connectivity index (χ1) is 20.9. The summed E-state index contributed by atoms with van der Waals surface area (Å²) in [6, 6.07) is 3.20. The van der Waals surface area contributed by atoms with Gasteiger partial charge in [0.1, 0.15) is 42.5 Å². The monoisotopic (exact) mass is 631 g/mol. The number of rotatable bonds is 10. The van der Waals surface area contributed by atoms with Gasteiger partial charge in [-0.2, -0.15) is 9.36 Å². The molecule has 2 saturated heterocycles. The van der Waals surface area contributed by atoms with Crippen LogP contribution in [0.3, 0.4) is 0 Å². The number of oxime groups is 1. The van der Waals surface area contributed by atoms with Crippen molar-refractivity contribution in [2.75, 3.05) is 37.9 Å². The predicted octanol–water partition coefficient (Wildman–Crippen LogP) is -0.189. The standard InChI is InChI=1S/C25H27FN10O5S2/c26-5-9-41-32-16(19-31-25(27)43-33-19)21(37)30-17-22(38)36-18(24(39)40)13(11-42-23(17)36)10-34-8-1-2-15-20(34)29-12-35(15)14-3-6-28-7-4-14/h1-2,8,12,14,17,23,28H,3-7,9-11H2,(H3-,27,30,31,33,37,39,40)/p+1/b32-16+. The van der Waals surface area contributed by atoms with Gasteiger partial charge < -0.3 is 30.9 Å². The summed E-state index contributed by atoms with van der Waals surface area (Å²) in [5, 5.41) is 19.2. The average Bonchev–Trinajstić information content (AvgIpc) is 3.65. The lowest BCUT2D eigenvalue weighted by molar-refractivity contribution is -0.664. The number of thioether (sulfide) groups is 1. The van der Waals surface area contributed by atoms with Crippen molar-refractivity contribution in [3.63, 3.8) is 0 Å². The van der Waals surface area contributed by atoms with Crippen LogP contribution in [-0.4, -0.2) is 95.9 Å². The number of carboxylic acids is 1. The molecule has 3 aromatic rings. The molecule has 0 spiro atoms. The maximum atomic E-state index is 13.3. The molecule has 0 saturated carbocycles. The molecular formula is C25H28FN10O5S2+. The minimum atomic E-state index is -1.24. The lowest BCUT2D eigenvalue weighted by atomic mass is 10.0. The number of carbonyl (C=O) groups excluding carboxylic acids is 2. The van der Waals surface area contributed by atoms with Crippen LogP contribution in [0.5, 0.6) is 0 Å². The second kappa shape index (κ2) is 12.2. The van der Waals surface area contributed by atoms with Crippen molar-refractivity contribution in [2.45, 2.75) is 36.8 Å². The van der Waals surface area contributed by atoms with Gasteiger partial charge in [0, 0.05) is 28.9 Å². The van der Waals surface area contributed by atoms with E-state index in [1.807, 2.05) is 29.2 Å². The number of aromatic nitrogens is 5. The van der Waals surface area contributed by atoms with Gasteiger partial charge in [-0.25, -0.2) is 13.8 Å². The van der Waals surface area contributed by atoms with Crippen LogP contribution < -0.4 is 20.9 Å². The number of anilines is 1. The molecule has 0 aliphatic carbocycles. The number of β-lactam (4-membered cyclic amide) rings is 1. The van der Waals surface area contributed by atoms with Crippen molar-refractivity contribution in [2.24, 2.45) is 5.16 Å². The minimum absolute atomic E-state index is 0.0742. The van der Waals surface area contributed by atoms with Gasteiger partial charge in [-0.1, -0.05) is 5.16 Å². The Kier molecular flexibility index (Phi) is 8.22. The number of imidazole rings is 1. The second-order valence-corrected chi connectivity index (χ2v) is 11.9. The number of nitrogens with two attached hydrogens (primary N) is 1. The van der Waals surface area contributed by atoms with Crippen molar-refractivity contribution in [3.8, 4) is 0 Å². The number of halogens is 1. The maximum absolute atomic E-state index is 13.3. The van der Waals surface area contributed by atoms with E-state index in [2.05, 4.69) is 34.7 Å². The summed E-state index contributed by atoms with van der Waals surface area (Å²) < 4.78 is 20.5. The fourth-order valence-electron chi connectivity index (χ4n) is 5.43. The van der Waals surface area contributed by atoms with Crippen LogP contribution in [0.1, 0.15) is 24.7 Å². The number of carboxylic acid groups (broad SMARTS) is 1. The zero-order chi connectivity index (χ0) is 30.1. The highest BCUT2D eigenvalue weighted by Crippen LogP contribution is 2.40. The molecule has 6 heterocycles. The van der Waals surface area contributed by atoms with Crippen molar-refractivity contribution in [1.29, 1.82) is 0 Å². The Balaban J connectivity index is 1.22. The topological polar surface area (TPSA) is 194 Å². The number of fused-ring (bicyclic) bond motifs is 2. The average molecular weight is 632 g/mol. The van der Waals surface area contributed by atoms with E-state index in [9.17, 15) is 23.9 Å². The van der Waals surface area contributed by atoms with Gasteiger partial charge in [-0.3, -0.25) is 14.5 Å². The largest absolute Gasteiger partial charge is 0.477 e. The molecule has 226 valence electrons. The summed E-state index contributed by atoms with van der Waals surface area (Å²) in [6.45, 7) is 0.868. The molecule has 2 amide bonds. The van der Waals surface area contributed by atoms with Crippen LogP contribution in [0.2, 0.25) is 0 Å². The summed E-state index contributed by atoms with van der Waals surface area (Å²) in [7, 11) is 0. The van der Waals surface area contributed by atoms with Crippen LogP contribution >= 0.6 is 23.3 Å². The number of pyridine rings is 1. The Hall–Kier alpha value is -4.16. The Morgan fingerprint density at radius 1 is 1.35 bits per heavy atom. The number of nitrogens with zero attached hydrogens (tertiary/aromatic N) is 7. The molecule has 18 heteroatoms. The third-order valence-corrected chi connectivity index (χ3v) is 9.28. The first kappa shape index (κ1) is 28.9. The molecule has 5 N–H and O–H groups in total. The molecule has 2 unspecified atom stereocenters. The number of nitrogen functional groups attached to an aromatic ring is 1.